The fraction of sp³-hybridized carbons (Fsp3) is 0.267. The predicted octanol–water partition coefficient (Wildman–Crippen LogP) is 2.22. The number of nitrogens with two attached hydrogens (primary N) is 1. The molecule has 1 atom stereocenters. The summed E-state index contributed by atoms with van der Waals surface area (Å²) in [5.41, 5.74) is 8.57. The van der Waals surface area contributed by atoms with E-state index in [-0.39, 0.29) is 0 Å². The second-order valence-corrected chi connectivity index (χ2v) is 4.95. The number of methoxy groups -OCH3 is 1. The van der Waals surface area contributed by atoms with Crippen molar-refractivity contribution in [3.8, 4) is 5.88 Å². The van der Waals surface area contributed by atoms with Crippen LogP contribution in [0.3, 0.4) is 0 Å². The smallest absolute Gasteiger partial charge is 0.245 e. The van der Waals surface area contributed by atoms with Gasteiger partial charge in [0.25, 0.3) is 0 Å². The summed E-state index contributed by atoms with van der Waals surface area (Å²) in [4.78, 5) is 12.7. The number of rotatable bonds is 4. The van der Waals surface area contributed by atoms with Crippen LogP contribution in [0.15, 0.2) is 36.7 Å². The lowest BCUT2D eigenvalue weighted by molar-refractivity contribution is 0.401. The molecule has 0 aliphatic carbocycles. The molecule has 0 bridgehead atoms. The third kappa shape index (κ3) is 2.40. The van der Waals surface area contributed by atoms with Crippen molar-refractivity contribution in [2.45, 2.75) is 19.4 Å². The number of aromatic nitrogens is 4. The van der Waals surface area contributed by atoms with Crippen molar-refractivity contribution < 1.29 is 4.74 Å². The number of fused-ring (bicyclic) bond motifs is 1. The van der Waals surface area contributed by atoms with Crippen LogP contribution in [0.2, 0.25) is 0 Å². The molecule has 0 saturated heterocycles. The van der Waals surface area contributed by atoms with Crippen LogP contribution in [0.1, 0.15) is 18.4 Å². The largest absolute Gasteiger partial charge is 0.479 e. The molecule has 2 heterocycles. The van der Waals surface area contributed by atoms with E-state index < -0.39 is 0 Å². The molecule has 2 N–H and O–H groups in total. The van der Waals surface area contributed by atoms with Gasteiger partial charge in [0.1, 0.15) is 6.33 Å². The monoisotopic (exact) mass is 283 g/mol. The quantitative estimate of drug-likeness (QED) is 0.794. The number of nitrogens with zero attached hydrogens (tertiary/aromatic N) is 4. The Morgan fingerprint density at radius 2 is 2.00 bits per heavy atom. The number of hydrogen-bond acceptors (Lipinski definition) is 5. The van der Waals surface area contributed by atoms with E-state index >= 15 is 0 Å². The number of benzene rings is 1. The van der Waals surface area contributed by atoms with E-state index in [2.05, 4.69) is 34.0 Å². The minimum atomic E-state index is 0.298. The molecule has 0 aliphatic rings. The second kappa shape index (κ2) is 5.40. The third-order valence-corrected chi connectivity index (χ3v) is 3.55. The first-order chi connectivity index (χ1) is 10.2. The van der Waals surface area contributed by atoms with Crippen molar-refractivity contribution in [1.29, 1.82) is 0 Å². The van der Waals surface area contributed by atoms with Crippen LogP contribution in [-0.4, -0.2) is 26.6 Å². The zero-order valence-corrected chi connectivity index (χ0v) is 12.0. The molecular formula is C15H17N5O. The minimum Gasteiger partial charge on any atom is -0.479 e. The maximum absolute atomic E-state index is 6.03. The van der Waals surface area contributed by atoms with Gasteiger partial charge in [0.05, 0.1) is 7.11 Å². The molecule has 1 unspecified atom stereocenters. The van der Waals surface area contributed by atoms with Crippen molar-refractivity contribution in [3.63, 3.8) is 0 Å². The Labute approximate surface area is 122 Å². The normalized spacial score (nSPS) is 12.5. The average molecular weight is 283 g/mol. The Morgan fingerprint density at radius 3 is 2.71 bits per heavy atom. The van der Waals surface area contributed by atoms with E-state index in [1.807, 2.05) is 22.8 Å². The molecule has 3 rings (SSSR count). The first-order valence-electron chi connectivity index (χ1n) is 6.76. The van der Waals surface area contributed by atoms with E-state index in [4.69, 9.17) is 10.5 Å². The second-order valence-electron chi connectivity index (χ2n) is 4.95. The lowest BCUT2D eigenvalue weighted by atomic mass is 10.0. The molecule has 2 aromatic heterocycles. The number of nitrogen functional groups attached to an aromatic ring is 1. The van der Waals surface area contributed by atoms with Crippen LogP contribution in [0.5, 0.6) is 5.88 Å². The molecular weight excluding hydrogens is 266 g/mol. The van der Waals surface area contributed by atoms with Gasteiger partial charge < -0.3 is 10.5 Å². The van der Waals surface area contributed by atoms with Crippen LogP contribution in [-0.2, 0) is 6.54 Å². The molecule has 108 valence electrons. The van der Waals surface area contributed by atoms with Gasteiger partial charge in [-0.25, -0.2) is 9.97 Å². The van der Waals surface area contributed by atoms with Crippen LogP contribution in [0, 0.1) is 0 Å². The van der Waals surface area contributed by atoms with Gasteiger partial charge in [-0.2, -0.15) is 4.98 Å². The van der Waals surface area contributed by atoms with Crippen molar-refractivity contribution in [1.82, 2.24) is 19.5 Å². The Hall–Kier alpha value is -2.63. The number of imidazole rings is 1. The molecule has 0 spiro atoms. The first kappa shape index (κ1) is 13.4. The third-order valence-electron chi connectivity index (χ3n) is 3.55. The molecule has 6 nitrogen and oxygen atoms in total. The molecule has 6 heteroatoms. The summed E-state index contributed by atoms with van der Waals surface area (Å²) in [5.74, 6) is 1.16. The summed E-state index contributed by atoms with van der Waals surface area (Å²) < 4.78 is 7.10. The maximum atomic E-state index is 6.03. The lowest BCUT2D eigenvalue weighted by Crippen LogP contribution is -2.10. The molecule has 0 radical (unpaired) electrons. The minimum absolute atomic E-state index is 0.298. The summed E-state index contributed by atoms with van der Waals surface area (Å²) in [6.45, 7) is 2.85. The van der Waals surface area contributed by atoms with Gasteiger partial charge in [-0.15, -0.1) is 0 Å². The van der Waals surface area contributed by atoms with E-state index in [1.54, 1.807) is 7.11 Å². The fourth-order valence-corrected chi connectivity index (χ4v) is 2.42. The van der Waals surface area contributed by atoms with Gasteiger partial charge in [-0.1, -0.05) is 37.3 Å². The van der Waals surface area contributed by atoms with Gasteiger partial charge >= 0.3 is 0 Å². The predicted molar refractivity (Wildman–Crippen MR) is 81.1 cm³/mol. The van der Waals surface area contributed by atoms with Crippen LogP contribution >= 0.6 is 0 Å². The Morgan fingerprint density at radius 1 is 1.24 bits per heavy atom. The van der Waals surface area contributed by atoms with Crippen molar-refractivity contribution in [2.75, 3.05) is 12.8 Å². The topological polar surface area (TPSA) is 78.8 Å². The van der Waals surface area contributed by atoms with Gasteiger partial charge in [0.2, 0.25) is 11.8 Å². The van der Waals surface area contributed by atoms with Crippen LogP contribution < -0.4 is 10.5 Å². The maximum Gasteiger partial charge on any atom is 0.245 e. The highest BCUT2D eigenvalue weighted by molar-refractivity contribution is 5.78. The Kier molecular flexibility index (Phi) is 3.43. The number of hydrogen-bond donors (Lipinski definition) is 1. The summed E-state index contributed by atoms with van der Waals surface area (Å²) in [6.07, 6.45) is 1.46. The van der Waals surface area contributed by atoms with Gasteiger partial charge in [-0.3, -0.25) is 4.57 Å². The molecule has 1 aromatic carbocycles. The SMILES string of the molecule is COc1ncnc2c1nc(N)n2CC(C)c1ccccc1. The standard InChI is InChI=1S/C15H17N5O/c1-10(11-6-4-3-5-7-11)8-20-13-12(19-15(20)16)14(21-2)18-9-17-13/h3-7,9-10H,8H2,1-2H3,(H2,16,19). The molecule has 0 aliphatic heterocycles. The van der Waals surface area contributed by atoms with E-state index in [1.165, 1.54) is 11.9 Å². The summed E-state index contributed by atoms with van der Waals surface area (Å²) in [5, 5.41) is 0. The van der Waals surface area contributed by atoms with Gasteiger partial charge in [-0.05, 0) is 11.5 Å². The van der Waals surface area contributed by atoms with Gasteiger partial charge in [0.15, 0.2) is 11.2 Å². The zero-order valence-electron chi connectivity index (χ0n) is 12.0. The number of anilines is 1. The van der Waals surface area contributed by atoms with Crippen molar-refractivity contribution >= 4 is 17.1 Å². The lowest BCUT2D eigenvalue weighted by Gasteiger charge is -2.14. The summed E-state index contributed by atoms with van der Waals surface area (Å²) in [6, 6.07) is 10.3. The highest BCUT2D eigenvalue weighted by Crippen LogP contribution is 2.26. The molecule has 3 aromatic rings. The first-order valence-corrected chi connectivity index (χ1v) is 6.76. The van der Waals surface area contributed by atoms with Gasteiger partial charge in [0, 0.05) is 6.54 Å². The van der Waals surface area contributed by atoms with E-state index in [9.17, 15) is 0 Å². The van der Waals surface area contributed by atoms with Crippen molar-refractivity contribution in [3.05, 3.63) is 42.2 Å². The van der Waals surface area contributed by atoms with E-state index in [0.29, 0.717) is 35.5 Å². The zero-order chi connectivity index (χ0) is 14.8. The van der Waals surface area contributed by atoms with Crippen molar-refractivity contribution in [2.24, 2.45) is 0 Å². The highest BCUT2D eigenvalue weighted by atomic mass is 16.5. The molecule has 0 saturated carbocycles. The molecule has 0 amide bonds. The molecule has 21 heavy (non-hydrogen) atoms. The molecule has 0 fully saturated rings. The van der Waals surface area contributed by atoms with E-state index in [0.717, 1.165) is 0 Å². The summed E-state index contributed by atoms with van der Waals surface area (Å²) >= 11 is 0. The number of ether oxygens (including phenoxy) is 1. The van der Waals surface area contributed by atoms with Crippen LogP contribution in [0.4, 0.5) is 5.95 Å². The summed E-state index contributed by atoms with van der Waals surface area (Å²) in [7, 11) is 1.56. The Bertz CT molecular complexity index is 753. The highest BCUT2D eigenvalue weighted by Gasteiger charge is 2.16. The fourth-order valence-electron chi connectivity index (χ4n) is 2.42. The Balaban J connectivity index is 1.99. The average Bonchev–Trinajstić information content (AvgIpc) is 2.84. The van der Waals surface area contributed by atoms with Crippen LogP contribution in [0.25, 0.3) is 11.2 Å².